The lowest BCUT2D eigenvalue weighted by Gasteiger charge is -2.06. The van der Waals surface area contributed by atoms with Crippen LogP contribution in [0.15, 0.2) is 41.6 Å². The smallest absolute Gasteiger partial charge is 0.274 e. The van der Waals surface area contributed by atoms with Crippen molar-refractivity contribution in [3.63, 3.8) is 0 Å². The Morgan fingerprint density at radius 1 is 1.30 bits per heavy atom. The number of hydrogen-bond donors (Lipinski definition) is 1. The summed E-state index contributed by atoms with van der Waals surface area (Å²) in [5, 5.41) is 2.88. The van der Waals surface area contributed by atoms with Crippen molar-refractivity contribution in [1.29, 1.82) is 0 Å². The van der Waals surface area contributed by atoms with E-state index in [0.29, 0.717) is 11.6 Å². The zero-order valence-electron chi connectivity index (χ0n) is 11.2. The lowest BCUT2D eigenvalue weighted by atomic mass is 10.2. The summed E-state index contributed by atoms with van der Waals surface area (Å²) < 4.78 is 0. The van der Waals surface area contributed by atoms with Crippen LogP contribution in [0.2, 0.25) is 0 Å². The highest BCUT2D eigenvalue weighted by Gasteiger charge is 2.25. The fraction of sp³-hybridized carbons (Fsp3) is 0.267. The van der Waals surface area contributed by atoms with Crippen LogP contribution >= 0.6 is 11.8 Å². The second-order valence-corrected chi connectivity index (χ2v) is 5.67. The zero-order chi connectivity index (χ0) is 13.9. The third-order valence-corrected chi connectivity index (χ3v) is 3.97. The average molecular weight is 285 g/mol. The molecule has 102 valence electrons. The molecule has 0 unspecified atom stereocenters. The van der Waals surface area contributed by atoms with Crippen molar-refractivity contribution in [3.05, 3.63) is 48.0 Å². The van der Waals surface area contributed by atoms with Crippen molar-refractivity contribution in [2.45, 2.75) is 23.7 Å². The first-order chi connectivity index (χ1) is 9.76. The third kappa shape index (κ3) is 2.99. The Kier molecular flexibility index (Phi) is 3.69. The molecule has 1 heterocycles. The number of hydrogen-bond acceptors (Lipinski definition) is 4. The van der Waals surface area contributed by atoms with Crippen molar-refractivity contribution in [1.82, 2.24) is 9.97 Å². The molecule has 0 saturated heterocycles. The predicted molar refractivity (Wildman–Crippen MR) is 80.2 cm³/mol. The second kappa shape index (κ2) is 5.63. The highest BCUT2D eigenvalue weighted by atomic mass is 32.2. The number of carbonyl (C=O) groups is 1. The molecule has 1 saturated carbocycles. The van der Waals surface area contributed by atoms with E-state index in [1.54, 1.807) is 17.8 Å². The van der Waals surface area contributed by atoms with E-state index in [1.165, 1.54) is 6.33 Å². The number of thioether (sulfide) groups is 1. The molecule has 1 aliphatic rings. The first kappa shape index (κ1) is 13.1. The van der Waals surface area contributed by atoms with Gasteiger partial charge in [-0.25, -0.2) is 9.97 Å². The fourth-order valence-corrected chi connectivity index (χ4v) is 2.45. The van der Waals surface area contributed by atoms with Crippen LogP contribution in [0.5, 0.6) is 0 Å². The molecular weight excluding hydrogens is 270 g/mol. The molecule has 1 fully saturated rings. The molecule has 1 aromatic heterocycles. The van der Waals surface area contributed by atoms with Gasteiger partial charge in [-0.1, -0.05) is 6.07 Å². The first-order valence-electron chi connectivity index (χ1n) is 6.53. The summed E-state index contributed by atoms with van der Waals surface area (Å²) in [6, 6.07) is 9.56. The molecule has 0 atom stereocenters. The number of carbonyl (C=O) groups excluding carboxylic acids is 1. The third-order valence-electron chi connectivity index (χ3n) is 3.24. The molecule has 0 aliphatic heterocycles. The first-order valence-corrected chi connectivity index (χ1v) is 7.76. The maximum Gasteiger partial charge on any atom is 0.274 e. The lowest BCUT2D eigenvalue weighted by molar-refractivity contribution is 0.102. The van der Waals surface area contributed by atoms with E-state index >= 15 is 0 Å². The lowest BCUT2D eigenvalue weighted by Crippen LogP contribution is -2.14. The van der Waals surface area contributed by atoms with Crippen molar-refractivity contribution in [3.8, 4) is 0 Å². The monoisotopic (exact) mass is 285 g/mol. The average Bonchev–Trinajstić information content (AvgIpc) is 3.32. The van der Waals surface area contributed by atoms with E-state index in [0.717, 1.165) is 29.1 Å². The van der Waals surface area contributed by atoms with Crippen molar-refractivity contribution < 1.29 is 4.79 Å². The number of nitrogens with one attached hydrogen (secondary N) is 1. The van der Waals surface area contributed by atoms with Gasteiger partial charge in [-0.3, -0.25) is 4.79 Å². The highest BCUT2D eigenvalue weighted by Crippen LogP contribution is 2.38. The molecule has 0 spiro atoms. The van der Waals surface area contributed by atoms with Crippen LogP contribution in [0.25, 0.3) is 0 Å². The summed E-state index contributed by atoms with van der Waals surface area (Å²) >= 11 is 1.64. The van der Waals surface area contributed by atoms with Crippen molar-refractivity contribution in [2.24, 2.45) is 0 Å². The maximum atomic E-state index is 12.2. The van der Waals surface area contributed by atoms with E-state index in [4.69, 9.17) is 0 Å². The predicted octanol–water partition coefficient (Wildman–Crippen LogP) is 3.33. The SMILES string of the molecule is CSc1cccc(NC(=O)c2cc(C3CC3)ncn2)c1. The van der Waals surface area contributed by atoms with Crippen molar-refractivity contribution in [2.75, 3.05) is 11.6 Å². The van der Waals surface area contributed by atoms with E-state index in [1.807, 2.05) is 30.5 Å². The van der Waals surface area contributed by atoms with Crippen LogP contribution < -0.4 is 5.32 Å². The van der Waals surface area contributed by atoms with E-state index in [9.17, 15) is 4.79 Å². The van der Waals surface area contributed by atoms with Crippen LogP contribution in [0.3, 0.4) is 0 Å². The molecule has 4 nitrogen and oxygen atoms in total. The van der Waals surface area contributed by atoms with E-state index in [-0.39, 0.29) is 5.91 Å². The van der Waals surface area contributed by atoms with Gasteiger partial charge < -0.3 is 5.32 Å². The normalized spacial score (nSPS) is 14.1. The number of rotatable bonds is 4. The van der Waals surface area contributed by atoms with Gasteiger partial charge >= 0.3 is 0 Å². The van der Waals surface area contributed by atoms with Crippen LogP contribution in [-0.2, 0) is 0 Å². The van der Waals surface area contributed by atoms with Gasteiger partial charge in [0.15, 0.2) is 0 Å². The number of benzene rings is 1. The molecule has 1 N–H and O–H groups in total. The Morgan fingerprint density at radius 2 is 2.15 bits per heavy atom. The zero-order valence-corrected chi connectivity index (χ0v) is 12.0. The summed E-state index contributed by atoms with van der Waals surface area (Å²) in [6.45, 7) is 0. The largest absolute Gasteiger partial charge is 0.321 e. The molecule has 0 radical (unpaired) electrons. The number of nitrogens with zero attached hydrogens (tertiary/aromatic N) is 2. The number of anilines is 1. The van der Waals surface area contributed by atoms with Gasteiger partial charge in [0.25, 0.3) is 5.91 Å². The summed E-state index contributed by atoms with van der Waals surface area (Å²) in [4.78, 5) is 21.6. The van der Waals surface area contributed by atoms with Crippen LogP contribution in [0.4, 0.5) is 5.69 Å². The molecule has 1 aromatic carbocycles. The Hall–Kier alpha value is -1.88. The maximum absolute atomic E-state index is 12.2. The molecule has 1 amide bonds. The molecule has 5 heteroatoms. The van der Waals surface area contributed by atoms with Crippen molar-refractivity contribution >= 4 is 23.4 Å². The Bertz CT molecular complexity index is 641. The minimum absolute atomic E-state index is 0.187. The van der Waals surface area contributed by atoms with Gasteiger partial charge in [-0.15, -0.1) is 11.8 Å². The fourth-order valence-electron chi connectivity index (χ4n) is 1.99. The van der Waals surface area contributed by atoms with Gasteiger partial charge in [0.1, 0.15) is 12.0 Å². The Labute approximate surface area is 122 Å². The van der Waals surface area contributed by atoms with Gasteiger partial charge in [-0.05, 0) is 43.4 Å². The summed E-state index contributed by atoms with van der Waals surface area (Å²) in [5.41, 5.74) is 2.19. The standard InChI is InChI=1S/C15H15N3OS/c1-20-12-4-2-3-11(7-12)18-15(19)14-8-13(10-5-6-10)16-9-17-14/h2-4,7-10H,5-6H2,1H3,(H,18,19). The van der Waals surface area contributed by atoms with E-state index < -0.39 is 0 Å². The number of amides is 1. The Morgan fingerprint density at radius 3 is 2.90 bits per heavy atom. The molecule has 3 rings (SSSR count). The summed E-state index contributed by atoms with van der Waals surface area (Å²) in [7, 11) is 0. The molecule has 0 bridgehead atoms. The van der Waals surface area contributed by atoms with Crippen LogP contribution in [0, 0.1) is 0 Å². The summed E-state index contributed by atoms with van der Waals surface area (Å²) in [5.74, 6) is 0.330. The Balaban J connectivity index is 1.76. The quantitative estimate of drug-likeness (QED) is 0.875. The van der Waals surface area contributed by atoms with Gasteiger partial charge in [0.2, 0.25) is 0 Å². The minimum Gasteiger partial charge on any atom is -0.321 e. The number of aromatic nitrogens is 2. The molecule has 1 aliphatic carbocycles. The van der Waals surface area contributed by atoms with Gasteiger partial charge in [0, 0.05) is 22.2 Å². The minimum atomic E-state index is -0.187. The molecule has 20 heavy (non-hydrogen) atoms. The van der Waals surface area contributed by atoms with E-state index in [2.05, 4.69) is 15.3 Å². The summed E-state index contributed by atoms with van der Waals surface area (Å²) in [6.07, 6.45) is 5.80. The molecule has 2 aromatic rings. The van der Waals surface area contributed by atoms with Gasteiger partial charge in [0.05, 0.1) is 0 Å². The highest BCUT2D eigenvalue weighted by molar-refractivity contribution is 7.98. The van der Waals surface area contributed by atoms with Crippen LogP contribution in [-0.4, -0.2) is 22.1 Å². The topological polar surface area (TPSA) is 54.9 Å². The van der Waals surface area contributed by atoms with Gasteiger partial charge in [-0.2, -0.15) is 0 Å². The van der Waals surface area contributed by atoms with Crippen LogP contribution in [0.1, 0.15) is 34.9 Å². The second-order valence-electron chi connectivity index (χ2n) is 4.79. The molecular formula is C15H15N3OS.